The summed E-state index contributed by atoms with van der Waals surface area (Å²) in [5.41, 5.74) is 2.22. The van der Waals surface area contributed by atoms with Crippen molar-refractivity contribution >= 4 is 41.3 Å². The fourth-order valence-corrected chi connectivity index (χ4v) is 3.06. The number of aliphatic imine (C=N–C) groups is 1. The van der Waals surface area contributed by atoms with E-state index in [1.807, 2.05) is 40.2 Å². The van der Waals surface area contributed by atoms with E-state index in [0.717, 1.165) is 41.1 Å². The molecule has 1 aromatic heterocycles. The van der Waals surface area contributed by atoms with Gasteiger partial charge in [0.15, 0.2) is 5.96 Å². The van der Waals surface area contributed by atoms with Gasteiger partial charge in [-0.3, -0.25) is 4.99 Å². The molecule has 0 fully saturated rings. The summed E-state index contributed by atoms with van der Waals surface area (Å²) in [6.07, 6.45) is 0. The summed E-state index contributed by atoms with van der Waals surface area (Å²) in [7, 11) is 7.90. The molecule has 0 saturated heterocycles. The highest BCUT2D eigenvalue weighted by molar-refractivity contribution is 14.0. The Morgan fingerprint density at radius 2 is 2.07 bits per heavy atom. The number of likely N-dealkylation sites (N-methyl/N-ethyl adjacent to an activating group) is 1. The van der Waals surface area contributed by atoms with Crippen molar-refractivity contribution in [1.82, 2.24) is 20.1 Å². The number of hydrogen-bond acceptors (Lipinski definition) is 5. The third-order valence-electron chi connectivity index (χ3n) is 3.80. The highest BCUT2D eigenvalue weighted by Gasteiger charge is 2.09. The number of guanidine groups is 1. The molecular weight excluding hydrogens is 473 g/mol. The number of thiazole rings is 1. The number of nitrogens with zero attached hydrogens (tertiary/aromatic N) is 4. The maximum atomic E-state index is 5.80. The quantitative estimate of drug-likeness (QED) is 0.341. The van der Waals surface area contributed by atoms with Gasteiger partial charge in [-0.05, 0) is 38.7 Å². The molecule has 6 nitrogen and oxygen atoms in total. The zero-order valence-corrected chi connectivity index (χ0v) is 19.9. The molecule has 8 heteroatoms. The first-order chi connectivity index (χ1) is 12.5. The van der Waals surface area contributed by atoms with Crippen molar-refractivity contribution in [3.05, 3.63) is 45.9 Å². The van der Waals surface area contributed by atoms with Gasteiger partial charge in [-0.2, -0.15) is 0 Å². The average Bonchev–Trinajstić information content (AvgIpc) is 3.00. The molecule has 0 bridgehead atoms. The zero-order chi connectivity index (χ0) is 18.9. The standard InChI is InChI=1S/C19H29N5OS.HI/c1-15-22-17(14-26-15)13-24(5)19(20-2)21-12-16-7-6-8-18(11-16)25-10-9-23(3)4;/h6-8,11,14H,9-10,12-13H2,1-5H3,(H,20,21);1H. The lowest BCUT2D eigenvalue weighted by atomic mass is 10.2. The Morgan fingerprint density at radius 1 is 1.30 bits per heavy atom. The second kappa shape index (κ2) is 12.1. The molecular formula is C19H30IN5OS. The van der Waals surface area contributed by atoms with Gasteiger partial charge in [0.1, 0.15) is 12.4 Å². The predicted molar refractivity (Wildman–Crippen MR) is 124 cm³/mol. The maximum absolute atomic E-state index is 5.80. The van der Waals surface area contributed by atoms with E-state index in [4.69, 9.17) is 4.74 Å². The molecule has 0 aliphatic carbocycles. The van der Waals surface area contributed by atoms with E-state index in [1.54, 1.807) is 18.4 Å². The molecule has 0 aliphatic heterocycles. The van der Waals surface area contributed by atoms with Crippen LogP contribution < -0.4 is 10.1 Å². The van der Waals surface area contributed by atoms with Gasteiger partial charge in [0.25, 0.3) is 0 Å². The summed E-state index contributed by atoms with van der Waals surface area (Å²) < 4.78 is 5.80. The normalized spacial score (nSPS) is 11.3. The second-order valence-corrected chi connectivity index (χ2v) is 7.48. The molecule has 1 aromatic carbocycles. The van der Waals surface area contributed by atoms with Crippen LogP contribution >= 0.6 is 35.3 Å². The summed E-state index contributed by atoms with van der Waals surface area (Å²) in [6, 6.07) is 8.17. The van der Waals surface area contributed by atoms with E-state index < -0.39 is 0 Å². The molecule has 0 aliphatic rings. The highest BCUT2D eigenvalue weighted by Crippen LogP contribution is 2.14. The summed E-state index contributed by atoms with van der Waals surface area (Å²) in [6.45, 7) is 5.03. The molecule has 0 unspecified atom stereocenters. The van der Waals surface area contributed by atoms with Crippen molar-refractivity contribution in [1.29, 1.82) is 0 Å². The van der Waals surface area contributed by atoms with Crippen LogP contribution in [0.15, 0.2) is 34.6 Å². The Labute approximate surface area is 183 Å². The fraction of sp³-hybridized carbons (Fsp3) is 0.474. The lowest BCUT2D eigenvalue weighted by Gasteiger charge is -2.21. The van der Waals surface area contributed by atoms with Crippen LogP contribution in [0.2, 0.25) is 0 Å². The van der Waals surface area contributed by atoms with Gasteiger partial charge in [-0.25, -0.2) is 4.98 Å². The van der Waals surface area contributed by atoms with Crippen LogP contribution in [0.25, 0.3) is 0 Å². The third kappa shape index (κ3) is 8.44. The van der Waals surface area contributed by atoms with Gasteiger partial charge in [0.2, 0.25) is 0 Å². The van der Waals surface area contributed by atoms with Crippen LogP contribution in [0.3, 0.4) is 0 Å². The summed E-state index contributed by atoms with van der Waals surface area (Å²) in [4.78, 5) is 13.1. The summed E-state index contributed by atoms with van der Waals surface area (Å²) in [5.74, 6) is 1.74. The molecule has 1 heterocycles. The minimum Gasteiger partial charge on any atom is -0.492 e. The van der Waals surface area contributed by atoms with Crippen molar-refractivity contribution in [3.63, 3.8) is 0 Å². The Balaban J connectivity index is 0.00000364. The number of aromatic nitrogens is 1. The smallest absolute Gasteiger partial charge is 0.194 e. The first kappa shape index (κ1) is 23.6. The number of benzene rings is 1. The van der Waals surface area contributed by atoms with E-state index in [9.17, 15) is 0 Å². The van der Waals surface area contributed by atoms with Crippen molar-refractivity contribution in [3.8, 4) is 5.75 Å². The van der Waals surface area contributed by atoms with Crippen molar-refractivity contribution in [2.24, 2.45) is 4.99 Å². The minimum atomic E-state index is 0. The van der Waals surface area contributed by atoms with Gasteiger partial charge in [0.05, 0.1) is 17.2 Å². The molecule has 27 heavy (non-hydrogen) atoms. The van der Waals surface area contributed by atoms with E-state index in [1.165, 1.54) is 0 Å². The molecule has 0 saturated carbocycles. The molecule has 0 amide bonds. The number of nitrogens with one attached hydrogen (secondary N) is 1. The molecule has 1 N–H and O–H groups in total. The number of hydrogen-bond donors (Lipinski definition) is 1. The van der Waals surface area contributed by atoms with Crippen LogP contribution in [0, 0.1) is 6.92 Å². The highest BCUT2D eigenvalue weighted by atomic mass is 127. The maximum Gasteiger partial charge on any atom is 0.194 e. The van der Waals surface area contributed by atoms with Crippen LogP contribution in [0.4, 0.5) is 0 Å². The third-order valence-corrected chi connectivity index (χ3v) is 4.62. The Morgan fingerprint density at radius 3 is 2.70 bits per heavy atom. The second-order valence-electron chi connectivity index (χ2n) is 6.41. The number of aryl methyl sites for hydroxylation is 1. The van der Waals surface area contributed by atoms with Crippen molar-refractivity contribution in [2.75, 3.05) is 41.3 Å². The summed E-state index contributed by atoms with van der Waals surface area (Å²) in [5, 5.41) is 6.58. The van der Waals surface area contributed by atoms with Crippen molar-refractivity contribution in [2.45, 2.75) is 20.0 Å². The lowest BCUT2D eigenvalue weighted by molar-refractivity contribution is 0.261. The number of halogens is 1. The Bertz CT molecular complexity index is 720. The summed E-state index contributed by atoms with van der Waals surface area (Å²) >= 11 is 1.67. The van der Waals surface area contributed by atoms with Crippen LogP contribution in [0.1, 0.15) is 16.3 Å². The molecule has 0 radical (unpaired) electrons. The van der Waals surface area contributed by atoms with E-state index in [-0.39, 0.29) is 24.0 Å². The fourth-order valence-electron chi connectivity index (χ4n) is 2.46. The van der Waals surface area contributed by atoms with Crippen LogP contribution in [0.5, 0.6) is 5.75 Å². The topological polar surface area (TPSA) is 53.0 Å². The molecule has 150 valence electrons. The SMILES string of the molecule is CN=C(NCc1cccc(OCCN(C)C)c1)N(C)Cc1csc(C)n1.I. The number of rotatable bonds is 8. The average molecular weight is 503 g/mol. The largest absolute Gasteiger partial charge is 0.492 e. The monoisotopic (exact) mass is 503 g/mol. The van der Waals surface area contributed by atoms with E-state index in [0.29, 0.717) is 13.2 Å². The van der Waals surface area contributed by atoms with E-state index >= 15 is 0 Å². The van der Waals surface area contributed by atoms with Gasteiger partial charge < -0.3 is 19.9 Å². The predicted octanol–water partition coefficient (Wildman–Crippen LogP) is 3.22. The lowest BCUT2D eigenvalue weighted by Crippen LogP contribution is -2.38. The first-order valence-corrected chi connectivity index (χ1v) is 9.55. The number of ether oxygens (including phenoxy) is 1. The zero-order valence-electron chi connectivity index (χ0n) is 16.7. The molecule has 0 atom stereocenters. The van der Waals surface area contributed by atoms with Gasteiger partial charge in [0, 0.05) is 32.6 Å². The van der Waals surface area contributed by atoms with Gasteiger partial charge >= 0.3 is 0 Å². The van der Waals surface area contributed by atoms with Crippen LogP contribution in [-0.2, 0) is 13.1 Å². The Kier molecular flexibility index (Phi) is 10.6. The Hall–Kier alpha value is -1.39. The van der Waals surface area contributed by atoms with Crippen LogP contribution in [-0.4, -0.2) is 62.1 Å². The van der Waals surface area contributed by atoms with Gasteiger partial charge in [-0.15, -0.1) is 35.3 Å². The first-order valence-electron chi connectivity index (χ1n) is 8.67. The van der Waals surface area contributed by atoms with Crippen molar-refractivity contribution < 1.29 is 4.74 Å². The molecule has 0 spiro atoms. The van der Waals surface area contributed by atoms with Gasteiger partial charge in [-0.1, -0.05) is 12.1 Å². The van der Waals surface area contributed by atoms with E-state index in [2.05, 4.69) is 42.6 Å². The molecule has 2 rings (SSSR count). The minimum absolute atomic E-state index is 0. The molecule has 2 aromatic rings.